The van der Waals surface area contributed by atoms with Crippen molar-refractivity contribution in [3.05, 3.63) is 20.8 Å². The van der Waals surface area contributed by atoms with Crippen LogP contribution < -0.4 is 5.73 Å². The second kappa shape index (κ2) is 5.00. The highest BCUT2D eigenvalue weighted by Gasteiger charge is 2.38. The molecule has 0 radical (unpaired) electrons. The van der Waals surface area contributed by atoms with E-state index < -0.39 is 0 Å². The third kappa shape index (κ3) is 2.60. The molecule has 2 heterocycles. The van der Waals surface area contributed by atoms with E-state index >= 15 is 0 Å². The molecule has 2 fully saturated rings. The lowest BCUT2D eigenvalue weighted by Crippen LogP contribution is -2.38. The first kappa shape index (κ1) is 12.2. The Morgan fingerprint density at radius 3 is 3.00 bits per heavy atom. The topological polar surface area (TPSA) is 29.3 Å². The number of likely N-dealkylation sites (tertiary alicyclic amines) is 1. The molecule has 1 aliphatic heterocycles. The number of nitrogens with two attached hydrogens (primary N) is 1. The fourth-order valence-electron chi connectivity index (χ4n) is 3.42. The lowest BCUT2D eigenvalue weighted by Gasteiger charge is -2.29. The Balaban J connectivity index is 1.63. The maximum absolute atomic E-state index is 6.25. The van der Waals surface area contributed by atoms with E-state index in [-0.39, 0.29) is 0 Å². The zero-order valence-electron chi connectivity index (χ0n) is 9.94. The molecule has 94 valence electrons. The van der Waals surface area contributed by atoms with E-state index in [9.17, 15) is 0 Å². The lowest BCUT2D eigenvalue weighted by atomic mass is 9.78. The summed E-state index contributed by atoms with van der Waals surface area (Å²) >= 11 is 5.31. The Kier molecular flexibility index (Phi) is 3.57. The summed E-state index contributed by atoms with van der Waals surface area (Å²) in [7, 11) is 0. The standard InChI is InChI=1S/C13H19BrN2S/c14-13-4-9(8-17-13)5-16-6-10-2-1-3-12(15)11(10)7-16/h4,8,10-12H,1-3,5-7,15H2. The number of hydrogen-bond acceptors (Lipinski definition) is 3. The first-order chi connectivity index (χ1) is 8.22. The maximum atomic E-state index is 6.25. The fourth-order valence-corrected chi connectivity index (χ4v) is 4.63. The van der Waals surface area contributed by atoms with Crippen LogP contribution in [0, 0.1) is 11.8 Å². The van der Waals surface area contributed by atoms with Gasteiger partial charge in [-0.2, -0.15) is 0 Å². The van der Waals surface area contributed by atoms with Crippen LogP contribution in [0.5, 0.6) is 0 Å². The Labute approximate surface area is 115 Å². The molecule has 0 spiro atoms. The molecular weight excluding hydrogens is 296 g/mol. The smallest absolute Gasteiger partial charge is 0.0701 e. The summed E-state index contributed by atoms with van der Waals surface area (Å²) in [4.78, 5) is 2.59. The average molecular weight is 315 g/mol. The van der Waals surface area contributed by atoms with Crippen molar-refractivity contribution in [3.8, 4) is 0 Å². The zero-order valence-corrected chi connectivity index (χ0v) is 12.3. The normalized spacial score (nSPS) is 33.9. The summed E-state index contributed by atoms with van der Waals surface area (Å²) in [6.45, 7) is 3.56. The molecule has 1 aromatic heterocycles. The van der Waals surface area contributed by atoms with Gasteiger partial charge in [0.15, 0.2) is 0 Å². The number of halogens is 1. The fraction of sp³-hybridized carbons (Fsp3) is 0.692. The van der Waals surface area contributed by atoms with E-state index in [2.05, 4.69) is 32.3 Å². The van der Waals surface area contributed by atoms with Gasteiger partial charge in [0.05, 0.1) is 3.79 Å². The monoisotopic (exact) mass is 314 g/mol. The summed E-state index contributed by atoms with van der Waals surface area (Å²) in [5, 5.41) is 2.26. The van der Waals surface area contributed by atoms with Crippen LogP contribution in [-0.2, 0) is 6.54 Å². The predicted octanol–water partition coefficient (Wildman–Crippen LogP) is 3.07. The van der Waals surface area contributed by atoms with Crippen molar-refractivity contribution >= 4 is 27.3 Å². The molecule has 1 aromatic rings. The molecule has 3 rings (SSSR count). The van der Waals surface area contributed by atoms with E-state index in [0.717, 1.165) is 18.4 Å². The van der Waals surface area contributed by atoms with E-state index in [4.69, 9.17) is 5.73 Å². The van der Waals surface area contributed by atoms with Crippen LogP contribution in [0.3, 0.4) is 0 Å². The van der Waals surface area contributed by atoms with Gasteiger partial charge in [-0.15, -0.1) is 11.3 Å². The van der Waals surface area contributed by atoms with E-state index in [1.165, 1.54) is 41.7 Å². The molecule has 3 atom stereocenters. The molecule has 1 saturated heterocycles. The van der Waals surface area contributed by atoms with E-state index in [0.29, 0.717) is 6.04 Å². The summed E-state index contributed by atoms with van der Waals surface area (Å²) < 4.78 is 1.24. The number of fused-ring (bicyclic) bond motifs is 1. The molecule has 4 heteroatoms. The molecule has 2 N–H and O–H groups in total. The second-order valence-corrected chi connectivity index (χ2v) is 7.76. The minimum atomic E-state index is 0.452. The molecule has 2 aliphatic rings. The molecular formula is C13H19BrN2S. The Hall–Kier alpha value is 0.100. The van der Waals surface area contributed by atoms with Crippen LogP contribution in [0.2, 0.25) is 0 Å². The van der Waals surface area contributed by atoms with Gasteiger partial charge in [-0.1, -0.05) is 6.42 Å². The SMILES string of the molecule is NC1CCCC2CN(Cc3csc(Br)c3)CC12. The summed E-state index contributed by atoms with van der Waals surface area (Å²) in [5.41, 5.74) is 7.69. The van der Waals surface area contributed by atoms with Crippen molar-refractivity contribution in [1.82, 2.24) is 4.90 Å². The molecule has 0 amide bonds. The zero-order chi connectivity index (χ0) is 11.8. The molecule has 3 unspecified atom stereocenters. The molecule has 17 heavy (non-hydrogen) atoms. The average Bonchev–Trinajstić information content (AvgIpc) is 2.86. The van der Waals surface area contributed by atoms with Crippen molar-refractivity contribution in [2.45, 2.75) is 31.8 Å². The first-order valence-electron chi connectivity index (χ1n) is 6.43. The third-order valence-electron chi connectivity index (χ3n) is 4.26. The van der Waals surface area contributed by atoms with Gasteiger partial charge in [-0.25, -0.2) is 0 Å². The van der Waals surface area contributed by atoms with Gasteiger partial charge in [-0.05, 0) is 57.6 Å². The molecule has 0 aromatic carbocycles. The second-order valence-electron chi connectivity index (χ2n) is 5.47. The third-order valence-corrected chi connectivity index (χ3v) is 5.81. The van der Waals surface area contributed by atoms with E-state index in [1.807, 2.05) is 0 Å². The number of thiophene rings is 1. The molecule has 0 bridgehead atoms. The van der Waals surface area contributed by atoms with Crippen LogP contribution in [-0.4, -0.2) is 24.0 Å². The number of hydrogen-bond donors (Lipinski definition) is 1. The highest BCUT2D eigenvalue weighted by atomic mass is 79.9. The molecule has 2 nitrogen and oxygen atoms in total. The van der Waals surface area contributed by atoms with Crippen LogP contribution in [0.15, 0.2) is 15.2 Å². The Morgan fingerprint density at radius 2 is 2.29 bits per heavy atom. The van der Waals surface area contributed by atoms with Gasteiger partial charge in [0, 0.05) is 25.7 Å². The Morgan fingerprint density at radius 1 is 1.41 bits per heavy atom. The largest absolute Gasteiger partial charge is 0.327 e. The predicted molar refractivity (Wildman–Crippen MR) is 76.1 cm³/mol. The highest BCUT2D eigenvalue weighted by molar-refractivity contribution is 9.11. The maximum Gasteiger partial charge on any atom is 0.0701 e. The van der Waals surface area contributed by atoms with Crippen molar-refractivity contribution < 1.29 is 0 Å². The van der Waals surface area contributed by atoms with E-state index in [1.54, 1.807) is 11.3 Å². The van der Waals surface area contributed by atoms with Crippen LogP contribution in [0.4, 0.5) is 0 Å². The first-order valence-corrected chi connectivity index (χ1v) is 8.10. The lowest BCUT2D eigenvalue weighted by molar-refractivity contribution is 0.259. The van der Waals surface area contributed by atoms with Gasteiger partial charge in [0.1, 0.15) is 0 Å². The number of rotatable bonds is 2. The highest BCUT2D eigenvalue weighted by Crippen LogP contribution is 2.36. The number of nitrogens with zero attached hydrogens (tertiary/aromatic N) is 1. The van der Waals surface area contributed by atoms with Crippen molar-refractivity contribution in [2.24, 2.45) is 17.6 Å². The van der Waals surface area contributed by atoms with Gasteiger partial charge in [0.2, 0.25) is 0 Å². The van der Waals surface area contributed by atoms with Crippen LogP contribution >= 0.6 is 27.3 Å². The summed E-state index contributed by atoms with van der Waals surface area (Å²) in [6.07, 6.45) is 3.96. The van der Waals surface area contributed by atoms with Crippen LogP contribution in [0.1, 0.15) is 24.8 Å². The Bertz CT molecular complexity index is 393. The van der Waals surface area contributed by atoms with Crippen molar-refractivity contribution in [1.29, 1.82) is 0 Å². The summed E-state index contributed by atoms with van der Waals surface area (Å²) in [6, 6.07) is 2.69. The van der Waals surface area contributed by atoms with Gasteiger partial charge >= 0.3 is 0 Å². The molecule has 1 saturated carbocycles. The van der Waals surface area contributed by atoms with Gasteiger partial charge < -0.3 is 5.73 Å². The molecule has 1 aliphatic carbocycles. The quantitative estimate of drug-likeness (QED) is 0.909. The minimum absolute atomic E-state index is 0.452. The minimum Gasteiger partial charge on any atom is -0.327 e. The van der Waals surface area contributed by atoms with Gasteiger partial charge in [0.25, 0.3) is 0 Å². The van der Waals surface area contributed by atoms with Crippen molar-refractivity contribution in [3.63, 3.8) is 0 Å². The van der Waals surface area contributed by atoms with Crippen molar-refractivity contribution in [2.75, 3.05) is 13.1 Å². The summed E-state index contributed by atoms with van der Waals surface area (Å²) in [5.74, 6) is 1.62. The van der Waals surface area contributed by atoms with Gasteiger partial charge in [-0.3, -0.25) is 4.90 Å². The van der Waals surface area contributed by atoms with Crippen LogP contribution in [0.25, 0.3) is 0 Å².